The van der Waals surface area contributed by atoms with E-state index in [1.165, 1.54) is 4.31 Å². The number of benzene rings is 2. The zero-order valence-corrected chi connectivity index (χ0v) is 18.6. The van der Waals surface area contributed by atoms with Crippen molar-refractivity contribution in [3.8, 4) is 6.07 Å². The number of nitrogens with zero attached hydrogens (tertiary/aromatic N) is 3. The molecule has 1 atom stereocenters. The Bertz CT molecular complexity index is 1470. The van der Waals surface area contributed by atoms with Crippen LogP contribution in [0.2, 0.25) is 0 Å². The van der Waals surface area contributed by atoms with Gasteiger partial charge in [0.05, 0.1) is 18.2 Å². The molecule has 0 amide bonds. The van der Waals surface area contributed by atoms with Gasteiger partial charge in [0.15, 0.2) is 5.76 Å². The van der Waals surface area contributed by atoms with Gasteiger partial charge in [0.2, 0.25) is 5.88 Å². The minimum Gasteiger partial charge on any atom is -0.439 e. The van der Waals surface area contributed by atoms with Crippen LogP contribution < -0.4 is 10.0 Å². The lowest BCUT2D eigenvalue weighted by molar-refractivity contribution is 0.357. The van der Waals surface area contributed by atoms with Crippen LogP contribution in [0.4, 0.5) is 5.69 Å². The number of hydrogen-bond donors (Lipinski definition) is 1. The molecule has 1 unspecified atom stereocenters. The van der Waals surface area contributed by atoms with Crippen molar-refractivity contribution in [2.75, 3.05) is 4.31 Å². The lowest BCUT2D eigenvalue weighted by atomic mass is 9.89. The lowest BCUT2D eigenvalue weighted by Crippen LogP contribution is -2.39. The van der Waals surface area contributed by atoms with Crippen LogP contribution in [0, 0.1) is 18.3 Å². The number of sulfonamides is 1. The van der Waals surface area contributed by atoms with E-state index in [-0.39, 0.29) is 28.7 Å². The highest BCUT2D eigenvalue weighted by molar-refractivity contribution is 7.96. The Labute approximate surface area is 192 Å². The van der Waals surface area contributed by atoms with Gasteiger partial charge in [-0.25, -0.2) is 8.42 Å². The molecule has 33 heavy (non-hydrogen) atoms. The molecule has 2 N–H and O–H groups in total. The van der Waals surface area contributed by atoms with Crippen molar-refractivity contribution in [2.24, 2.45) is 5.73 Å². The number of nitrogens with two attached hydrogens (primary N) is 1. The maximum Gasteiger partial charge on any atom is 0.265 e. The molecule has 164 valence electrons. The van der Waals surface area contributed by atoms with Crippen molar-refractivity contribution < 1.29 is 13.2 Å². The van der Waals surface area contributed by atoms with Gasteiger partial charge in [-0.15, -0.1) is 0 Å². The minimum absolute atomic E-state index is 0.00685. The highest BCUT2D eigenvalue weighted by Crippen LogP contribution is 2.51. The molecule has 2 aromatic carbocycles. The predicted octanol–water partition coefficient (Wildman–Crippen LogP) is 3.92. The Kier molecular flexibility index (Phi) is 4.91. The topological polar surface area (TPSA) is 109 Å². The summed E-state index contributed by atoms with van der Waals surface area (Å²) in [7, 11) is -4.09. The summed E-state index contributed by atoms with van der Waals surface area (Å²) in [6, 6.07) is 20.3. The molecule has 0 radical (unpaired) electrons. The fourth-order valence-electron chi connectivity index (χ4n) is 4.34. The summed E-state index contributed by atoms with van der Waals surface area (Å²) in [5, 5.41) is 9.86. The molecule has 8 heteroatoms. The molecule has 0 saturated carbocycles. The smallest absolute Gasteiger partial charge is 0.265 e. The Morgan fingerprint density at radius 1 is 1.15 bits per heavy atom. The molecule has 3 heterocycles. The Hall–Kier alpha value is -4.09. The minimum atomic E-state index is -4.09. The quantitative estimate of drug-likeness (QED) is 0.640. The Balaban J connectivity index is 1.76. The molecule has 0 aliphatic carbocycles. The molecular formula is C25H20N4O3S. The molecule has 3 aromatic rings. The zero-order valence-electron chi connectivity index (χ0n) is 17.8. The summed E-state index contributed by atoms with van der Waals surface area (Å²) < 4.78 is 35.5. The number of fused-ring (bicyclic) bond motifs is 2. The third kappa shape index (κ3) is 3.34. The number of anilines is 1. The van der Waals surface area contributed by atoms with Gasteiger partial charge >= 0.3 is 0 Å². The third-order valence-electron chi connectivity index (χ3n) is 5.78. The number of rotatable bonds is 3. The van der Waals surface area contributed by atoms with Crippen molar-refractivity contribution in [2.45, 2.75) is 19.4 Å². The van der Waals surface area contributed by atoms with Crippen LogP contribution in [0.15, 0.2) is 89.4 Å². The molecule has 2 aliphatic heterocycles. The van der Waals surface area contributed by atoms with Crippen LogP contribution in [-0.4, -0.2) is 13.4 Å². The van der Waals surface area contributed by atoms with Gasteiger partial charge < -0.3 is 10.5 Å². The number of aromatic nitrogens is 1. The number of aryl methyl sites for hydroxylation is 1. The molecular weight excluding hydrogens is 436 g/mol. The summed E-state index contributed by atoms with van der Waals surface area (Å²) in [4.78, 5) is 4.13. The van der Waals surface area contributed by atoms with E-state index in [4.69, 9.17) is 10.5 Å². The summed E-state index contributed by atoms with van der Waals surface area (Å²) >= 11 is 0. The standard InChI is InChI=1S/C25H20N4O3S/c1-16-6-4-7-17(12-16)15-29-21-10-3-2-9-19(21)23-24(33(29,30)31)22(18-8-5-11-28-14-18)20(13-26)25(27)32-23/h2-12,14,22H,15,27H2,1H3. The second-order valence-electron chi connectivity index (χ2n) is 7.92. The second kappa shape index (κ2) is 7.80. The van der Waals surface area contributed by atoms with Gasteiger partial charge in [-0.3, -0.25) is 9.29 Å². The maximum atomic E-state index is 14.1. The molecule has 0 saturated heterocycles. The summed E-state index contributed by atoms with van der Waals surface area (Å²) in [6.07, 6.45) is 3.14. The Morgan fingerprint density at radius 2 is 1.97 bits per heavy atom. The average molecular weight is 457 g/mol. The predicted molar refractivity (Wildman–Crippen MR) is 125 cm³/mol. The zero-order chi connectivity index (χ0) is 23.2. The Morgan fingerprint density at radius 3 is 2.70 bits per heavy atom. The number of nitriles is 1. The molecule has 7 nitrogen and oxygen atoms in total. The first-order valence-electron chi connectivity index (χ1n) is 10.3. The van der Waals surface area contributed by atoms with E-state index >= 15 is 0 Å². The van der Waals surface area contributed by atoms with Crippen molar-refractivity contribution in [1.29, 1.82) is 5.26 Å². The highest BCUT2D eigenvalue weighted by Gasteiger charge is 2.47. The second-order valence-corrected chi connectivity index (χ2v) is 9.75. The third-order valence-corrected chi connectivity index (χ3v) is 7.67. The monoisotopic (exact) mass is 456 g/mol. The average Bonchev–Trinajstić information content (AvgIpc) is 2.81. The van der Waals surface area contributed by atoms with Gasteiger partial charge in [0.25, 0.3) is 10.0 Å². The number of para-hydroxylation sites is 1. The van der Waals surface area contributed by atoms with Crippen LogP contribution in [-0.2, 0) is 21.3 Å². The SMILES string of the molecule is Cc1cccc(CN2c3ccccc3C3=C(C(c4cccnc4)C(C#N)=C(N)O3)S2(=O)=O)c1. The van der Waals surface area contributed by atoms with Crippen LogP contribution in [0.1, 0.15) is 28.2 Å². The molecule has 5 rings (SSSR count). The van der Waals surface area contributed by atoms with Crippen molar-refractivity contribution in [3.05, 3.63) is 112 Å². The van der Waals surface area contributed by atoms with E-state index in [1.807, 2.05) is 37.3 Å². The van der Waals surface area contributed by atoms with Crippen molar-refractivity contribution >= 4 is 21.5 Å². The lowest BCUT2D eigenvalue weighted by Gasteiger charge is -2.38. The van der Waals surface area contributed by atoms with E-state index in [0.29, 0.717) is 16.8 Å². The summed E-state index contributed by atoms with van der Waals surface area (Å²) in [5.41, 5.74) is 9.69. The summed E-state index contributed by atoms with van der Waals surface area (Å²) in [5.74, 6) is -0.885. The van der Waals surface area contributed by atoms with Gasteiger partial charge in [-0.1, -0.05) is 48.0 Å². The van der Waals surface area contributed by atoms with Crippen molar-refractivity contribution in [1.82, 2.24) is 4.98 Å². The number of allylic oxidation sites excluding steroid dienone is 2. The number of hydrogen-bond acceptors (Lipinski definition) is 6. The van der Waals surface area contributed by atoms with Crippen LogP contribution in [0.5, 0.6) is 0 Å². The normalized spacial score (nSPS) is 18.8. The van der Waals surface area contributed by atoms with E-state index in [0.717, 1.165) is 11.1 Å². The number of pyridine rings is 1. The fourth-order valence-corrected chi connectivity index (χ4v) is 6.25. The molecule has 0 bridgehead atoms. The van der Waals surface area contributed by atoms with E-state index in [9.17, 15) is 13.7 Å². The first-order chi connectivity index (χ1) is 15.9. The van der Waals surface area contributed by atoms with E-state index in [1.54, 1.807) is 42.7 Å². The maximum absolute atomic E-state index is 14.1. The van der Waals surface area contributed by atoms with Gasteiger partial charge in [0, 0.05) is 18.0 Å². The van der Waals surface area contributed by atoms with Crippen LogP contribution in [0.25, 0.3) is 5.76 Å². The molecule has 0 fully saturated rings. The largest absolute Gasteiger partial charge is 0.439 e. The van der Waals surface area contributed by atoms with Crippen LogP contribution >= 0.6 is 0 Å². The first kappa shape index (κ1) is 20.8. The van der Waals surface area contributed by atoms with Gasteiger partial charge in [-0.2, -0.15) is 5.26 Å². The number of ether oxygens (including phenoxy) is 1. The van der Waals surface area contributed by atoms with Crippen LogP contribution in [0.3, 0.4) is 0 Å². The fraction of sp³-hybridized carbons (Fsp3) is 0.120. The van der Waals surface area contributed by atoms with Crippen molar-refractivity contribution in [3.63, 3.8) is 0 Å². The first-order valence-corrected chi connectivity index (χ1v) is 11.7. The molecule has 1 aromatic heterocycles. The summed E-state index contributed by atoms with van der Waals surface area (Å²) in [6.45, 7) is 2.10. The van der Waals surface area contributed by atoms with Gasteiger partial charge in [-0.05, 0) is 36.2 Å². The molecule has 2 aliphatic rings. The van der Waals surface area contributed by atoms with Gasteiger partial charge in [0.1, 0.15) is 16.5 Å². The molecule has 0 spiro atoms. The van der Waals surface area contributed by atoms with E-state index in [2.05, 4.69) is 11.1 Å². The van der Waals surface area contributed by atoms with E-state index < -0.39 is 15.9 Å². The highest BCUT2D eigenvalue weighted by atomic mass is 32.2.